The molecule has 0 saturated heterocycles. The highest BCUT2D eigenvalue weighted by molar-refractivity contribution is 7.81. The Balaban J connectivity index is 3.38. The van der Waals surface area contributed by atoms with Gasteiger partial charge in [0.2, 0.25) is 0 Å². The summed E-state index contributed by atoms with van der Waals surface area (Å²) in [4.78, 5) is 0. The van der Waals surface area contributed by atoms with Gasteiger partial charge in [0.25, 0.3) is 0 Å². The lowest BCUT2D eigenvalue weighted by Gasteiger charge is -2.19. The molecule has 0 spiro atoms. The molecule has 1 aromatic carbocycles. The van der Waals surface area contributed by atoms with E-state index >= 15 is 0 Å². The third kappa shape index (κ3) is 2.35. The molecule has 72 valence electrons. The molecule has 0 fully saturated rings. The fourth-order valence-corrected chi connectivity index (χ4v) is 1.53. The Hall–Kier alpha value is -0.280. The Morgan fingerprint density at radius 3 is 1.92 bits per heavy atom. The second-order valence-corrected chi connectivity index (χ2v) is 4.86. The molecular formula is C9H9ClF2S. The van der Waals surface area contributed by atoms with Gasteiger partial charge in [-0.25, -0.2) is 8.78 Å². The lowest BCUT2D eigenvalue weighted by atomic mass is 10.0. The van der Waals surface area contributed by atoms with Gasteiger partial charge >= 0.3 is 0 Å². The molecular weight excluding hydrogens is 214 g/mol. The van der Waals surface area contributed by atoms with Gasteiger partial charge in [0.05, 0.1) is 0 Å². The first kappa shape index (κ1) is 10.8. The van der Waals surface area contributed by atoms with Crippen LogP contribution >= 0.6 is 24.2 Å². The van der Waals surface area contributed by atoms with Crippen LogP contribution in [0.15, 0.2) is 12.1 Å². The quantitative estimate of drug-likeness (QED) is 0.687. The minimum Gasteiger partial charge on any atom is -0.206 e. The van der Waals surface area contributed by atoms with Crippen LogP contribution in [0.5, 0.6) is 0 Å². The van der Waals surface area contributed by atoms with Crippen LogP contribution in [-0.2, 0) is 4.75 Å². The molecule has 0 saturated carbocycles. The fourth-order valence-electron chi connectivity index (χ4n) is 1.13. The van der Waals surface area contributed by atoms with E-state index in [1.807, 2.05) is 0 Å². The maximum Gasteiger partial charge on any atom is 0.132 e. The van der Waals surface area contributed by atoms with Crippen LogP contribution in [0.4, 0.5) is 8.78 Å². The first-order valence-electron chi connectivity index (χ1n) is 3.70. The standard InChI is InChI=1S/C9H9ClF2S/c1-9(2,13)8-6(11)3-5(10)4-7(8)12/h3-4,13H,1-2H3. The van der Waals surface area contributed by atoms with Gasteiger partial charge in [-0.1, -0.05) is 11.6 Å². The summed E-state index contributed by atoms with van der Waals surface area (Å²) in [5.41, 5.74) is -0.0553. The van der Waals surface area contributed by atoms with Crippen molar-refractivity contribution in [3.05, 3.63) is 34.4 Å². The van der Waals surface area contributed by atoms with E-state index in [0.29, 0.717) is 0 Å². The summed E-state index contributed by atoms with van der Waals surface area (Å²) in [6.45, 7) is 3.23. The molecule has 0 aliphatic rings. The van der Waals surface area contributed by atoms with Crippen molar-refractivity contribution < 1.29 is 8.78 Å². The van der Waals surface area contributed by atoms with Crippen LogP contribution in [0, 0.1) is 11.6 Å². The van der Waals surface area contributed by atoms with Crippen molar-refractivity contribution in [1.82, 2.24) is 0 Å². The Labute approximate surface area is 86.3 Å². The molecule has 1 rings (SSSR count). The minimum absolute atomic E-state index is 0.0522. The molecule has 0 unspecified atom stereocenters. The van der Waals surface area contributed by atoms with Gasteiger partial charge in [0.1, 0.15) is 11.6 Å². The third-order valence-electron chi connectivity index (χ3n) is 1.62. The Morgan fingerprint density at radius 1 is 1.23 bits per heavy atom. The van der Waals surface area contributed by atoms with Crippen molar-refractivity contribution in [3.8, 4) is 0 Å². The highest BCUT2D eigenvalue weighted by Gasteiger charge is 2.24. The van der Waals surface area contributed by atoms with Crippen LogP contribution in [0.2, 0.25) is 5.02 Å². The van der Waals surface area contributed by atoms with Crippen LogP contribution < -0.4 is 0 Å². The average Bonchev–Trinajstić information content (AvgIpc) is 1.78. The first-order chi connectivity index (χ1) is 5.82. The Kier molecular flexibility index (Phi) is 2.88. The van der Waals surface area contributed by atoms with Gasteiger partial charge in [-0.2, -0.15) is 12.6 Å². The normalized spacial score (nSPS) is 11.8. The Morgan fingerprint density at radius 2 is 1.62 bits per heavy atom. The molecule has 13 heavy (non-hydrogen) atoms. The molecule has 4 heteroatoms. The van der Waals surface area contributed by atoms with Crippen LogP contribution in [-0.4, -0.2) is 0 Å². The second kappa shape index (κ2) is 3.46. The number of hydrogen-bond acceptors (Lipinski definition) is 1. The number of halogens is 3. The van der Waals surface area contributed by atoms with Crippen molar-refractivity contribution in [3.63, 3.8) is 0 Å². The summed E-state index contributed by atoms with van der Waals surface area (Å²) in [6, 6.07) is 2.16. The van der Waals surface area contributed by atoms with Crippen molar-refractivity contribution in [2.75, 3.05) is 0 Å². The SMILES string of the molecule is CC(C)(S)c1c(F)cc(Cl)cc1F. The predicted molar refractivity (Wildman–Crippen MR) is 53.4 cm³/mol. The lowest BCUT2D eigenvalue weighted by Crippen LogP contribution is -2.13. The van der Waals surface area contributed by atoms with Gasteiger partial charge in [-0.05, 0) is 26.0 Å². The van der Waals surface area contributed by atoms with E-state index in [1.165, 1.54) is 0 Å². The highest BCUT2D eigenvalue weighted by Crippen LogP contribution is 2.32. The molecule has 0 aromatic heterocycles. The van der Waals surface area contributed by atoms with Gasteiger partial charge < -0.3 is 0 Å². The number of thiol groups is 1. The molecule has 0 aliphatic carbocycles. The van der Waals surface area contributed by atoms with Gasteiger partial charge in [-0.3, -0.25) is 0 Å². The maximum absolute atomic E-state index is 13.2. The molecule has 0 atom stereocenters. The van der Waals surface area contributed by atoms with Crippen molar-refractivity contribution in [1.29, 1.82) is 0 Å². The van der Waals surface area contributed by atoms with Crippen LogP contribution in [0.25, 0.3) is 0 Å². The summed E-state index contributed by atoms with van der Waals surface area (Å²) in [5, 5.41) is 0.0522. The van der Waals surface area contributed by atoms with Gasteiger partial charge in [0, 0.05) is 15.3 Å². The van der Waals surface area contributed by atoms with E-state index in [2.05, 4.69) is 12.6 Å². The number of benzene rings is 1. The highest BCUT2D eigenvalue weighted by atomic mass is 35.5. The average molecular weight is 223 g/mol. The van der Waals surface area contributed by atoms with Gasteiger partial charge in [-0.15, -0.1) is 0 Å². The third-order valence-corrected chi connectivity index (χ3v) is 2.06. The molecule has 0 amide bonds. The minimum atomic E-state index is -0.848. The molecule has 0 radical (unpaired) electrons. The zero-order valence-electron chi connectivity index (χ0n) is 7.24. The summed E-state index contributed by atoms with van der Waals surface area (Å²) in [5.74, 6) is -1.32. The fraction of sp³-hybridized carbons (Fsp3) is 0.333. The molecule has 0 bridgehead atoms. The molecule has 0 heterocycles. The molecule has 0 aliphatic heterocycles. The largest absolute Gasteiger partial charge is 0.206 e. The van der Waals surface area contributed by atoms with Crippen LogP contribution in [0.3, 0.4) is 0 Å². The molecule has 0 nitrogen and oxygen atoms in total. The van der Waals surface area contributed by atoms with E-state index in [4.69, 9.17) is 11.6 Å². The van der Waals surface area contributed by atoms with Crippen LogP contribution in [0.1, 0.15) is 19.4 Å². The summed E-state index contributed by atoms with van der Waals surface area (Å²) < 4.78 is 25.6. The summed E-state index contributed by atoms with van der Waals surface area (Å²) in [7, 11) is 0. The van der Waals surface area contributed by atoms with Crippen molar-refractivity contribution in [2.24, 2.45) is 0 Å². The Bertz CT molecular complexity index is 308. The maximum atomic E-state index is 13.2. The molecule has 0 N–H and O–H groups in total. The topological polar surface area (TPSA) is 0 Å². The predicted octanol–water partition coefficient (Wildman–Crippen LogP) is 3.78. The van der Waals surface area contributed by atoms with E-state index in [1.54, 1.807) is 13.8 Å². The van der Waals surface area contributed by atoms with Gasteiger partial charge in [0.15, 0.2) is 0 Å². The van der Waals surface area contributed by atoms with Crippen molar-refractivity contribution in [2.45, 2.75) is 18.6 Å². The molecule has 1 aromatic rings. The van der Waals surface area contributed by atoms with E-state index in [-0.39, 0.29) is 10.6 Å². The second-order valence-electron chi connectivity index (χ2n) is 3.30. The zero-order valence-corrected chi connectivity index (χ0v) is 8.89. The number of rotatable bonds is 1. The summed E-state index contributed by atoms with van der Waals surface area (Å²) >= 11 is 9.56. The smallest absolute Gasteiger partial charge is 0.132 e. The lowest BCUT2D eigenvalue weighted by molar-refractivity contribution is 0.530. The zero-order chi connectivity index (χ0) is 10.2. The number of hydrogen-bond donors (Lipinski definition) is 1. The monoisotopic (exact) mass is 222 g/mol. The summed E-state index contributed by atoms with van der Waals surface area (Å²) in [6.07, 6.45) is 0. The first-order valence-corrected chi connectivity index (χ1v) is 4.52. The van der Waals surface area contributed by atoms with Crippen molar-refractivity contribution >= 4 is 24.2 Å². The van der Waals surface area contributed by atoms with E-state index in [9.17, 15) is 8.78 Å². The van der Waals surface area contributed by atoms with E-state index in [0.717, 1.165) is 12.1 Å². The van der Waals surface area contributed by atoms with E-state index < -0.39 is 16.4 Å².